The molecule has 0 heterocycles. The fourth-order valence-electron chi connectivity index (χ4n) is 1.74. The topological polar surface area (TPSA) is 55.4 Å². The number of carbonyl (C=O) groups is 2. The second-order valence-corrected chi connectivity index (χ2v) is 5.04. The van der Waals surface area contributed by atoms with Gasteiger partial charge in [0.1, 0.15) is 11.6 Å². The molecule has 124 valence electrons. The van der Waals surface area contributed by atoms with Gasteiger partial charge >= 0.3 is 5.97 Å². The Morgan fingerprint density at radius 1 is 1.12 bits per heavy atom. The monoisotopic (exact) mass is 351 g/mol. The van der Waals surface area contributed by atoms with Crippen molar-refractivity contribution in [1.29, 1.82) is 0 Å². The molecule has 0 atom stereocenters. The van der Waals surface area contributed by atoms with Crippen molar-refractivity contribution in [3.8, 4) is 0 Å². The summed E-state index contributed by atoms with van der Waals surface area (Å²) in [4.78, 5) is 23.1. The fourth-order valence-corrected chi connectivity index (χ4v) is 1.96. The Hall–Kier alpha value is -2.73. The number of nitrogens with one attached hydrogen (secondary N) is 1. The standard InChI is InChI=1S/C17H12ClF2NO3/c18-14-2-1-3-15(20)13(14)8-9-17(23)24-10-16(22)21-12-6-4-11(19)5-7-12/h1-9H,10H2,(H,21,22). The molecule has 1 amide bonds. The lowest BCUT2D eigenvalue weighted by atomic mass is 10.2. The molecule has 2 aromatic rings. The van der Waals surface area contributed by atoms with Crippen LogP contribution in [-0.4, -0.2) is 18.5 Å². The third-order valence-corrected chi connectivity index (χ3v) is 3.19. The second-order valence-electron chi connectivity index (χ2n) is 4.63. The number of esters is 1. The summed E-state index contributed by atoms with van der Waals surface area (Å²) in [6.45, 7) is -0.536. The Bertz CT molecular complexity index is 756. The second kappa shape index (κ2) is 8.21. The Kier molecular flexibility index (Phi) is 6.03. The lowest BCUT2D eigenvalue weighted by Gasteiger charge is -2.05. The van der Waals surface area contributed by atoms with E-state index < -0.39 is 30.1 Å². The largest absolute Gasteiger partial charge is 0.452 e. The van der Waals surface area contributed by atoms with Crippen LogP contribution >= 0.6 is 11.6 Å². The molecule has 0 aliphatic heterocycles. The van der Waals surface area contributed by atoms with Crippen LogP contribution in [0.1, 0.15) is 5.56 Å². The van der Waals surface area contributed by atoms with E-state index in [1.165, 1.54) is 42.5 Å². The van der Waals surface area contributed by atoms with Gasteiger partial charge in [0.25, 0.3) is 5.91 Å². The van der Waals surface area contributed by atoms with Crippen LogP contribution < -0.4 is 5.32 Å². The van der Waals surface area contributed by atoms with Crippen LogP contribution in [0.5, 0.6) is 0 Å². The highest BCUT2D eigenvalue weighted by Crippen LogP contribution is 2.20. The molecule has 0 aromatic heterocycles. The number of halogens is 3. The molecule has 7 heteroatoms. The molecule has 0 aliphatic rings. The van der Waals surface area contributed by atoms with Gasteiger partial charge in [0, 0.05) is 17.3 Å². The summed E-state index contributed by atoms with van der Waals surface area (Å²) in [5.41, 5.74) is 0.415. The number of amides is 1. The zero-order valence-corrected chi connectivity index (χ0v) is 13.0. The van der Waals surface area contributed by atoms with E-state index in [0.717, 1.165) is 12.2 Å². The van der Waals surface area contributed by atoms with E-state index in [2.05, 4.69) is 5.32 Å². The van der Waals surface area contributed by atoms with Crippen LogP contribution in [0.4, 0.5) is 14.5 Å². The zero-order chi connectivity index (χ0) is 17.5. The van der Waals surface area contributed by atoms with E-state index in [1.54, 1.807) is 0 Å². The normalized spacial score (nSPS) is 10.6. The van der Waals surface area contributed by atoms with Crippen molar-refractivity contribution in [3.05, 3.63) is 70.8 Å². The molecule has 0 spiro atoms. The molecule has 0 fully saturated rings. The minimum atomic E-state index is -0.830. The van der Waals surface area contributed by atoms with Crippen molar-refractivity contribution >= 4 is 35.2 Å². The van der Waals surface area contributed by atoms with E-state index in [0.29, 0.717) is 5.69 Å². The fraction of sp³-hybridized carbons (Fsp3) is 0.0588. The number of rotatable bonds is 5. The molecular formula is C17H12ClF2NO3. The molecule has 24 heavy (non-hydrogen) atoms. The number of ether oxygens (including phenoxy) is 1. The summed E-state index contributed by atoms with van der Waals surface area (Å²) in [5, 5.41) is 2.57. The Morgan fingerprint density at radius 3 is 2.50 bits per heavy atom. The Balaban J connectivity index is 1.85. The molecule has 2 aromatic carbocycles. The average Bonchev–Trinajstić information content (AvgIpc) is 2.54. The summed E-state index contributed by atoms with van der Waals surface area (Å²) in [5.74, 6) is -2.44. The highest BCUT2D eigenvalue weighted by molar-refractivity contribution is 6.32. The summed E-state index contributed by atoms with van der Waals surface area (Å²) >= 11 is 5.81. The Labute approximate surface area is 141 Å². The summed E-state index contributed by atoms with van der Waals surface area (Å²) < 4.78 is 31.0. The van der Waals surface area contributed by atoms with Crippen molar-refractivity contribution in [2.75, 3.05) is 11.9 Å². The van der Waals surface area contributed by atoms with Crippen LogP contribution in [0.2, 0.25) is 5.02 Å². The van der Waals surface area contributed by atoms with Crippen LogP contribution in [0.3, 0.4) is 0 Å². The Morgan fingerprint density at radius 2 is 1.83 bits per heavy atom. The van der Waals surface area contributed by atoms with Gasteiger partial charge in [-0.15, -0.1) is 0 Å². The molecule has 2 rings (SSSR count). The van der Waals surface area contributed by atoms with Crippen molar-refractivity contribution in [2.24, 2.45) is 0 Å². The molecule has 1 N–H and O–H groups in total. The predicted molar refractivity (Wildman–Crippen MR) is 86.4 cm³/mol. The smallest absolute Gasteiger partial charge is 0.331 e. The highest BCUT2D eigenvalue weighted by Gasteiger charge is 2.07. The molecule has 0 unspecified atom stereocenters. The molecule has 0 saturated heterocycles. The maximum Gasteiger partial charge on any atom is 0.331 e. The summed E-state index contributed by atoms with van der Waals surface area (Å²) in [7, 11) is 0. The summed E-state index contributed by atoms with van der Waals surface area (Å²) in [6.07, 6.45) is 2.13. The van der Waals surface area contributed by atoms with Crippen LogP contribution in [0.15, 0.2) is 48.5 Å². The summed E-state index contributed by atoms with van der Waals surface area (Å²) in [6, 6.07) is 9.22. The molecule has 0 saturated carbocycles. The number of hydrogen-bond acceptors (Lipinski definition) is 3. The van der Waals surface area contributed by atoms with Crippen LogP contribution in [0.25, 0.3) is 6.08 Å². The number of benzene rings is 2. The quantitative estimate of drug-likeness (QED) is 0.658. The van der Waals surface area contributed by atoms with Crippen LogP contribution in [-0.2, 0) is 14.3 Å². The minimum Gasteiger partial charge on any atom is -0.452 e. The lowest BCUT2D eigenvalue weighted by Crippen LogP contribution is -2.20. The third kappa shape index (κ3) is 5.17. The number of hydrogen-bond donors (Lipinski definition) is 1. The van der Waals surface area contributed by atoms with Crippen molar-refractivity contribution in [1.82, 2.24) is 0 Å². The van der Waals surface area contributed by atoms with Gasteiger partial charge < -0.3 is 10.1 Å². The molecule has 0 bridgehead atoms. The molecule has 0 radical (unpaired) electrons. The molecule has 0 aliphatic carbocycles. The maximum absolute atomic E-state index is 13.5. The predicted octanol–water partition coefficient (Wildman–Crippen LogP) is 3.81. The van der Waals surface area contributed by atoms with E-state index in [1.807, 2.05) is 0 Å². The van der Waals surface area contributed by atoms with Gasteiger partial charge in [-0.05, 0) is 42.5 Å². The first-order valence-corrected chi connectivity index (χ1v) is 7.18. The minimum absolute atomic E-state index is 0.0480. The van der Waals surface area contributed by atoms with E-state index in [9.17, 15) is 18.4 Å². The van der Waals surface area contributed by atoms with E-state index >= 15 is 0 Å². The van der Waals surface area contributed by atoms with Gasteiger partial charge in [-0.1, -0.05) is 17.7 Å². The number of carbonyl (C=O) groups excluding carboxylic acids is 2. The molecule has 4 nitrogen and oxygen atoms in total. The van der Waals surface area contributed by atoms with Gasteiger partial charge in [-0.2, -0.15) is 0 Å². The van der Waals surface area contributed by atoms with Gasteiger partial charge in [0.15, 0.2) is 6.61 Å². The first-order chi connectivity index (χ1) is 11.5. The first kappa shape index (κ1) is 17.6. The SMILES string of the molecule is O=C(COC(=O)C=Cc1c(F)cccc1Cl)Nc1ccc(F)cc1. The van der Waals surface area contributed by atoms with Crippen LogP contribution in [0, 0.1) is 11.6 Å². The highest BCUT2D eigenvalue weighted by atomic mass is 35.5. The van der Waals surface area contributed by atoms with Gasteiger partial charge in [0.2, 0.25) is 0 Å². The average molecular weight is 352 g/mol. The van der Waals surface area contributed by atoms with Gasteiger partial charge in [0.05, 0.1) is 5.02 Å². The molecular weight excluding hydrogens is 340 g/mol. The van der Waals surface area contributed by atoms with Crippen molar-refractivity contribution < 1.29 is 23.1 Å². The van der Waals surface area contributed by atoms with Crippen molar-refractivity contribution in [2.45, 2.75) is 0 Å². The van der Waals surface area contributed by atoms with Gasteiger partial charge in [-0.25, -0.2) is 13.6 Å². The van der Waals surface area contributed by atoms with E-state index in [-0.39, 0.29) is 10.6 Å². The first-order valence-electron chi connectivity index (χ1n) is 6.80. The van der Waals surface area contributed by atoms with E-state index in [4.69, 9.17) is 16.3 Å². The lowest BCUT2D eigenvalue weighted by molar-refractivity contribution is -0.142. The van der Waals surface area contributed by atoms with Gasteiger partial charge in [-0.3, -0.25) is 4.79 Å². The van der Waals surface area contributed by atoms with Crippen molar-refractivity contribution in [3.63, 3.8) is 0 Å². The maximum atomic E-state index is 13.5. The number of anilines is 1. The third-order valence-electron chi connectivity index (χ3n) is 2.86. The zero-order valence-electron chi connectivity index (χ0n) is 12.3.